The number of carbonyl (C=O) groups is 2. The van der Waals surface area contributed by atoms with E-state index in [-0.39, 0.29) is 12.4 Å². The van der Waals surface area contributed by atoms with Crippen LogP contribution in [0.25, 0.3) is 6.08 Å². The zero-order valence-electron chi connectivity index (χ0n) is 9.34. The Balaban J connectivity index is 2.45. The minimum atomic E-state index is -1.63. The van der Waals surface area contributed by atoms with Gasteiger partial charge in [0.2, 0.25) is 5.91 Å². The Morgan fingerprint density at radius 2 is 1.94 bits per heavy atom. The summed E-state index contributed by atoms with van der Waals surface area (Å²) >= 11 is 0. The van der Waals surface area contributed by atoms with E-state index in [1.807, 2.05) is 0 Å². The van der Waals surface area contributed by atoms with Crippen molar-refractivity contribution in [2.75, 3.05) is 6.54 Å². The van der Waals surface area contributed by atoms with E-state index in [1.165, 1.54) is 36.4 Å². The fourth-order valence-corrected chi connectivity index (χ4v) is 1.09. The highest BCUT2D eigenvalue weighted by atomic mass is 19.1. The van der Waals surface area contributed by atoms with E-state index in [0.717, 1.165) is 0 Å². The number of aliphatic carboxylic acids is 1. The van der Waals surface area contributed by atoms with Crippen LogP contribution in [0.2, 0.25) is 0 Å². The molecule has 0 aromatic heterocycles. The van der Waals surface area contributed by atoms with Crippen molar-refractivity contribution < 1.29 is 24.2 Å². The van der Waals surface area contributed by atoms with Gasteiger partial charge in [0, 0.05) is 6.08 Å². The first-order valence-electron chi connectivity index (χ1n) is 5.11. The Bertz CT molecular complexity index is 456. The maximum atomic E-state index is 12.6. The van der Waals surface area contributed by atoms with Gasteiger partial charge in [-0.25, -0.2) is 9.18 Å². The molecule has 3 N–H and O–H groups in total. The first-order chi connectivity index (χ1) is 8.49. The third kappa shape index (κ3) is 4.75. The molecule has 0 spiro atoms. The normalized spacial score (nSPS) is 12.3. The molecule has 1 unspecified atom stereocenters. The predicted octanol–water partition coefficient (Wildman–Crippen LogP) is 0.401. The molecule has 0 fully saturated rings. The zero-order valence-corrected chi connectivity index (χ0v) is 9.34. The number of aliphatic hydroxyl groups is 1. The molecule has 1 amide bonds. The van der Waals surface area contributed by atoms with Crippen LogP contribution in [0.4, 0.5) is 4.39 Å². The monoisotopic (exact) mass is 253 g/mol. The Morgan fingerprint density at radius 1 is 1.33 bits per heavy atom. The Morgan fingerprint density at radius 3 is 2.50 bits per heavy atom. The Kier molecular flexibility index (Phi) is 5.01. The molecule has 0 heterocycles. The van der Waals surface area contributed by atoms with Crippen molar-refractivity contribution in [3.05, 3.63) is 41.7 Å². The fraction of sp³-hybridized carbons (Fsp3) is 0.167. The third-order valence-electron chi connectivity index (χ3n) is 2.05. The molecule has 0 aliphatic rings. The smallest absolute Gasteiger partial charge is 0.334 e. The lowest BCUT2D eigenvalue weighted by atomic mass is 10.2. The number of halogens is 1. The van der Waals surface area contributed by atoms with Gasteiger partial charge in [0.05, 0.1) is 6.54 Å². The molecular formula is C12H12FNO4. The van der Waals surface area contributed by atoms with Crippen molar-refractivity contribution >= 4 is 18.0 Å². The molecule has 0 saturated carbocycles. The van der Waals surface area contributed by atoms with Gasteiger partial charge in [-0.2, -0.15) is 0 Å². The van der Waals surface area contributed by atoms with Crippen LogP contribution in [0.1, 0.15) is 5.56 Å². The molecule has 0 bridgehead atoms. The summed E-state index contributed by atoms with van der Waals surface area (Å²) in [5.74, 6) is -2.32. The van der Waals surface area contributed by atoms with Gasteiger partial charge < -0.3 is 15.5 Å². The van der Waals surface area contributed by atoms with Gasteiger partial charge in [0.25, 0.3) is 0 Å². The quantitative estimate of drug-likeness (QED) is 0.663. The average molecular weight is 253 g/mol. The number of aliphatic hydroxyl groups excluding tert-OH is 1. The SMILES string of the molecule is O=C(C=Cc1ccc(F)cc1)NCC(O)C(=O)O. The number of carboxylic acid groups (broad SMARTS) is 1. The van der Waals surface area contributed by atoms with Crippen molar-refractivity contribution in [2.45, 2.75) is 6.10 Å². The highest BCUT2D eigenvalue weighted by Crippen LogP contribution is 2.04. The standard InChI is InChI=1S/C12H12FNO4/c13-9-4-1-8(2-5-9)3-6-11(16)14-7-10(15)12(17)18/h1-6,10,15H,7H2,(H,14,16)(H,17,18). The number of benzene rings is 1. The van der Waals surface area contributed by atoms with E-state index in [4.69, 9.17) is 10.2 Å². The van der Waals surface area contributed by atoms with Crippen LogP contribution in [0.15, 0.2) is 30.3 Å². The summed E-state index contributed by atoms with van der Waals surface area (Å²) < 4.78 is 12.6. The number of amides is 1. The number of hydrogen-bond donors (Lipinski definition) is 3. The molecule has 1 atom stereocenters. The first-order valence-corrected chi connectivity index (χ1v) is 5.11. The van der Waals surface area contributed by atoms with Gasteiger partial charge in [-0.3, -0.25) is 4.79 Å². The van der Waals surface area contributed by atoms with Gasteiger partial charge in [-0.05, 0) is 23.8 Å². The Hall–Kier alpha value is -2.21. The summed E-state index contributed by atoms with van der Waals surface area (Å²) in [5, 5.41) is 19.5. The average Bonchev–Trinajstić information content (AvgIpc) is 2.35. The number of carboxylic acids is 1. The van der Waals surface area contributed by atoms with Crippen molar-refractivity contribution in [1.82, 2.24) is 5.32 Å². The van der Waals surface area contributed by atoms with E-state index in [0.29, 0.717) is 5.56 Å². The Labute approximate surface area is 103 Å². The lowest BCUT2D eigenvalue weighted by Crippen LogP contribution is -2.35. The van der Waals surface area contributed by atoms with Crippen LogP contribution in [0, 0.1) is 5.82 Å². The number of rotatable bonds is 5. The second-order valence-corrected chi connectivity index (χ2v) is 3.48. The van der Waals surface area contributed by atoms with Crippen LogP contribution in [0.5, 0.6) is 0 Å². The predicted molar refractivity (Wildman–Crippen MR) is 62.1 cm³/mol. The number of hydrogen-bond acceptors (Lipinski definition) is 3. The van der Waals surface area contributed by atoms with Crippen molar-refractivity contribution in [1.29, 1.82) is 0 Å². The maximum absolute atomic E-state index is 12.6. The van der Waals surface area contributed by atoms with Gasteiger partial charge in [-0.15, -0.1) is 0 Å². The molecule has 1 rings (SSSR count). The summed E-state index contributed by atoms with van der Waals surface area (Å²) in [7, 11) is 0. The molecule has 6 heteroatoms. The van der Waals surface area contributed by atoms with Gasteiger partial charge >= 0.3 is 5.97 Å². The first kappa shape index (κ1) is 13.9. The van der Waals surface area contributed by atoms with Crippen molar-refractivity contribution in [3.63, 3.8) is 0 Å². The number of carbonyl (C=O) groups excluding carboxylic acids is 1. The van der Waals surface area contributed by atoms with Gasteiger partial charge in [-0.1, -0.05) is 12.1 Å². The molecule has 0 aliphatic heterocycles. The number of nitrogens with one attached hydrogen (secondary N) is 1. The van der Waals surface area contributed by atoms with E-state index < -0.39 is 18.0 Å². The summed E-state index contributed by atoms with van der Waals surface area (Å²) in [4.78, 5) is 21.5. The minimum Gasteiger partial charge on any atom is -0.479 e. The molecule has 0 aliphatic carbocycles. The van der Waals surface area contributed by atoms with Crippen LogP contribution in [0.3, 0.4) is 0 Å². The highest BCUT2D eigenvalue weighted by molar-refractivity contribution is 5.92. The molecule has 18 heavy (non-hydrogen) atoms. The van der Waals surface area contributed by atoms with E-state index in [2.05, 4.69) is 5.32 Å². The molecule has 0 radical (unpaired) electrons. The summed E-state index contributed by atoms with van der Waals surface area (Å²) in [6.45, 7) is -0.373. The molecule has 0 saturated heterocycles. The molecule has 1 aromatic carbocycles. The topological polar surface area (TPSA) is 86.6 Å². The van der Waals surface area contributed by atoms with E-state index in [9.17, 15) is 14.0 Å². The second-order valence-electron chi connectivity index (χ2n) is 3.48. The molecule has 96 valence electrons. The third-order valence-corrected chi connectivity index (χ3v) is 2.05. The second kappa shape index (κ2) is 6.51. The van der Waals surface area contributed by atoms with E-state index in [1.54, 1.807) is 0 Å². The van der Waals surface area contributed by atoms with Gasteiger partial charge in [0.1, 0.15) is 5.82 Å². The maximum Gasteiger partial charge on any atom is 0.334 e. The van der Waals surface area contributed by atoms with E-state index >= 15 is 0 Å². The lowest BCUT2D eigenvalue weighted by molar-refractivity contribution is -0.146. The zero-order chi connectivity index (χ0) is 13.5. The van der Waals surface area contributed by atoms with Crippen LogP contribution in [-0.2, 0) is 9.59 Å². The van der Waals surface area contributed by atoms with Crippen molar-refractivity contribution in [2.24, 2.45) is 0 Å². The summed E-state index contributed by atoms with van der Waals surface area (Å²) in [6, 6.07) is 5.49. The minimum absolute atomic E-state index is 0.373. The summed E-state index contributed by atoms with van der Waals surface area (Å²) in [6.07, 6.45) is 0.983. The highest BCUT2D eigenvalue weighted by Gasteiger charge is 2.12. The summed E-state index contributed by atoms with van der Waals surface area (Å²) in [5.41, 5.74) is 0.630. The molecular weight excluding hydrogens is 241 g/mol. The largest absolute Gasteiger partial charge is 0.479 e. The van der Waals surface area contributed by atoms with Crippen LogP contribution in [-0.4, -0.2) is 34.7 Å². The molecule has 5 nitrogen and oxygen atoms in total. The fourth-order valence-electron chi connectivity index (χ4n) is 1.09. The van der Waals surface area contributed by atoms with Crippen LogP contribution < -0.4 is 5.32 Å². The van der Waals surface area contributed by atoms with Crippen LogP contribution >= 0.6 is 0 Å². The van der Waals surface area contributed by atoms with Gasteiger partial charge in [0.15, 0.2) is 6.10 Å². The van der Waals surface area contributed by atoms with Crippen molar-refractivity contribution in [3.8, 4) is 0 Å². The molecule has 1 aromatic rings. The lowest BCUT2D eigenvalue weighted by Gasteiger charge is -2.05.